The summed E-state index contributed by atoms with van der Waals surface area (Å²) in [5, 5.41) is 7.20. The fraction of sp³-hybridized carbons (Fsp3) is 0.259. The van der Waals surface area contributed by atoms with Gasteiger partial charge in [0.15, 0.2) is 5.76 Å². The number of carbonyl (C=O) groups excluding carboxylic acids is 1. The highest BCUT2D eigenvalue weighted by molar-refractivity contribution is 6.02. The standard InChI is InChI=1S/C27H26F3N3O3/c1-16-8-9-17(2)24(12-16)35-15-22-10-11-23(36-22)26(34)31-25-18(3)32-33(19(25)4)14-20-6-5-7-21(13-20)27(28,29)30/h5-13H,14-15H2,1-4H3,(H,31,34). The molecule has 0 spiro atoms. The minimum absolute atomic E-state index is 0.110. The summed E-state index contributed by atoms with van der Waals surface area (Å²) in [6.45, 7) is 7.70. The molecule has 1 amide bonds. The maximum atomic E-state index is 13.0. The van der Waals surface area contributed by atoms with Crippen molar-refractivity contribution in [3.05, 3.63) is 99.8 Å². The topological polar surface area (TPSA) is 69.3 Å². The number of ether oxygens (including phenoxy) is 1. The van der Waals surface area contributed by atoms with Gasteiger partial charge in [0.25, 0.3) is 5.91 Å². The number of hydrogen-bond donors (Lipinski definition) is 1. The molecular weight excluding hydrogens is 471 g/mol. The third-order valence-corrected chi connectivity index (χ3v) is 5.81. The number of rotatable bonds is 7. The van der Waals surface area contributed by atoms with Gasteiger partial charge >= 0.3 is 6.18 Å². The second-order valence-corrected chi connectivity index (χ2v) is 8.68. The Balaban J connectivity index is 1.44. The predicted molar refractivity (Wildman–Crippen MR) is 129 cm³/mol. The maximum absolute atomic E-state index is 13.0. The van der Waals surface area contributed by atoms with Gasteiger partial charge in [-0.25, -0.2) is 0 Å². The summed E-state index contributed by atoms with van der Waals surface area (Å²) in [7, 11) is 0. The summed E-state index contributed by atoms with van der Waals surface area (Å²) in [6.07, 6.45) is -4.42. The molecule has 2 aromatic heterocycles. The number of alkyl halides is 3. The minimum atomic E-state index is -4.42. The average Bonchev–Trinajstić information content (AvgIpc) is 3.40. The number of amides is 1. The van der Waals surface area contributed by atoms with Crippen molar-refractivity contribution in [2.75, 3.05) is 5.32 Å². The Labute approximate surface area is 206 Å². The fourth-order valence-corrected chi connectivity index (χ4v) is 3.82. The number of benzene rings is 2. The van der Waals surface area contributed by atoms with Gasteiger partial charge in [0, 0.05) is 0 Å². The molecule has 2 heterocycles. The molecule has 0 radical (unpaired) electrons. The second kappa shape index (κ2) is 9.93. The number of nitrogens with zero attached hydrogens (tertiary/aromatic N) is 2. The summed E-state index contributed by atoms with van der Waals surface area (Å²) < 4.78 is 52.2. The highest BCUT2D eigenvalue weighted by Crippen LogP contribution is 2.30. The van der Waals surface area contributed by atoms with Gasteiger partial charge < -0.3 is 14.5 Å². The lowest BCUT2D eigenvalue weighted by Crippen LogP contribution is -2.13. The molecule has 4 aromatic rings. The zero-order valence-corrected chi connectivity index (χ0v) is 20.4. The van der Waals surface area contributed by atoms with E-state index in [1.54, 1.807) is 36.7 Å². The van der Waals surface area contributed by atoms with Crippen molar-refractivity contribution in [1.82, 2.24) is 9.78 Å². The largest absolute Gasteiger partial charge is 0.485 e. The first-order valence-corrected chi connectivity index (χ1v) is 11.3. The number of nitrogens with one attached hydrogen (secondary N) is 1. The molecule has 4 rings (SSSR count). The van der Waals surface area contributed by atoms with Crippen molar-refractivity contribution in [2.24, 2.45) is 0 Å². The van der Waals surface area contributed by atoms with Crippen LogP contribution in [0.4, 0.5) is 18.9 Å². The van der Waals surface area contributed by atoms with Crippen LogP contribution < -0.4 is 10.1 Å². The molecule has 6 nitrogen and oxygen atoms in total. The van der Waals surface area contributed by atoms with Crippen LogP contribution in [0.25, 0.3) is 0 Å². The lowest BCUT2D eigenvalue weighted by Gasteiger charge is -2.10. The Kier molecular flexibility index (Phi) is 6.92. The lowest BCUT2D eigenvalue weighted by atomic mass is 10.1. The number of aromatic nitrogens is 2. The first-order valence-electron chi connectivity index (χ1n) is 11.3. The molecule has 0 saturated heterocycles. The molecule has 0 bridgehead atoms. The van der Waals surface area contributed by atoms with E-state index < -0.39 is 17.6 Å². The van der Waals surface area contributed by atoms with E-state index in [-0.39, 0.29) is 18.9 Å². The zero-order valence-electron chi connectivity index (χ0n) is 20.4. The Hall–Kier alpha value is -4.01. The number of furan rings is 1. The SMILES string of the molecule is Cc1ccc(C)c(OCc2ccc(C(=O)Nc3c(C)nn(Cc4cccc(C(F)(F)F)c4)c3C)o2)c1. The smallest absolute Gasteiger partial charge is 0.416 e. The number of hydrogen-bond acceptors (Lipinski definition) is 4. The van der Waals surface area contributed by atoms with Crippen LogP contribution in [0, 0.1) is 27.7 Å². The van der Waals surface area contributed by atoms with Gasteiger partial charge in [0.1, 0.15) is 18.1 Å². The molecule has 188 valence electrons. The van der Waals surface area contributed by atoms with Gasteiger partial charge in [0.05, 0.1) is 29.2 Å². The summed E-state index contributed by atoms with van der Waals surface area (Å²) in [4.78, 5) is 12.8. The van der Waals surface area contributed by atoms with Gasteiger partial charge in [-0.15, -0.1) is 0 Å². The van der Waals surface area contributed by atoms with E-state index in [1.165, 1.54) is 6.07 Å². The van der Waals surface area contributed by atoms with Crippen LogP contribution in [0.3, 0.4) is 0 Å². The monoisotopic (exact) mass is 497 g/mol. The van der Waals surface area contributed by atoms with E-state index in [1.807, 2.05) is 32.0 Å². The van der Waals surface area contributed by atoms with Gasteiger partial charge in [-0.05, 0) is 74.7 Å². The van der Waals surface area contributed by atoms with Crippen molar-refractivity contribution < 1.29 is 27.1 Å². The molecular formula is C27H26F3N3O3. The van der Waals surface area contributed by atoms with Crippen molar-refractivity contribution in [2.45, 2.75) is 47.0 Å². The third kappa shape index (κ3) is 5.62. The van der Waals surface area contributed by atoms with Crippen molar-refractivity contribution in [3.8, 4) is 5.75 Å². The molecule has 0 aliphatic rings. The average molecular weight is 498 g/mol. The Morgan fingerprint density at radius 3 is 2.58 bits per heavy atom. The normalized spacial score (nSPS) is 11.5. The van der Waals surface area contributed by atoms with Gasteiger partial charge in [-0.1, -0.05) is 24.3 Å². The Bertz CT molecular complexity index is 1400. The summed E-state index contributed by atoms with van der Waals surface area (Å²) in [5.74, 6) is 0.892. The van der Waals surface area contributed by atoms with E-state index in [9.17, 15) is 18.0 Å². The Morgan fingerprint density at radius 2 is 1.83 bits per heavy atom. The molecule has 2 aromatic carbocycles. The van der Waals surface area contributed by atoms with Crippen LogP contribution in [-0.2, 0) is 19.3 Å². The van der Waals surface area contributed by atoms with E-state index in [0.29, 0.717) is 28.4 Å². The molecule has 36 heavy (non-hydrogen) atoms. The first kappa shape index (κ1) is 25.1. The summed E-state index contributed by atoms with van der Waals surface area (Å²) in [5.41, 5.74) is 3.45. The van der Waals surface area contributed by atoms with E-state index >= 15 is 0 Å². The van der Waals surface area contributed by atoms with Gasteiger partial charge in [-0.2, -0.15) is 18.3 Å². The van der Waals surface area contributed by atoms with Crippen molar-refractivity contribution >= 4 is 11.6 Å². The molecule has 0 aliphatic heterocycles. The van der Waals surface area contributed by atoms with Crippen LogP contribution >= 0.6 is 0 Å². The van der Waals surface area contributed by atoms with E-state index in [2.05, 4.69) is 10.4 Å². The molecule has 0 atom stereocenters. The summed E-state index contributed by atoms with van der Waals surface area (Å²) in [6, 6.07) is 14.3. The van der Waals surface area contributed by atoms with E-state index in [0.717, 1.165) is 29.0 Å². The number of halogens is 3. The van der Waals surface area contributed by atoms with Gasteiger partial charge in [0.2, 0.25) is 0 Å². The highest BCUT2D eigenvalue weighted by atomic mass is 19.4. The van der Waals surface area contributed by atoms with Crippen molar-refractivity contribution in [1.29, 1.82) is 0 Å². The molecule has 9 heteroatoms. The maximum Gasteiger partial charge on any atom is 0.416 e. The molecule has 0 unspecified atom stereocenters. The zero-order chi connectivity index (χ0) is 26.0. The van der Waals surface area contributed by atoms with Crippen LogP contribution in [-0.4, -0.2) is 15.7 Å². The van der Waals surface area contributed by atoms with Crippen LogP contribution in [0.2, 0.25) is 0 Å². The third-order valence-electron chi connectivity index (χ3n) is 5.81. The Morgan fingerprint density at radius 1 is 1.06 bits per heavy atom. The molecule has 0 fully saturated rings. The van der Waals surface area contributed by atoms with Crippen molar-refractivity contribution in [3.63, 3.8) is 0 Å². The molecule has 0 aliphatic carbocycles. The second-order valence-electron chi connectivity index (χ2n) is 8.68. The van der Waals surface area contributed by atoms with Crippen LogP contribution in [0.15, 0.2) is 59.0 Å². The lowest BCUT2D eigenvalue weighted by molar-refractivity contribution is -0.137. The summed E-state index contributed by atoms with van der Waals surface area (Å²) >= 11 is 0. The highest BCUT2D eigenvalue weighted by Gasteiger charge is 2.30. The first-order chi connectivity index (χ1) is 17.0. The predicted octanol–water partition coefficient (Wildman–Crippen LogP) is 6.61. The number of carbonyl (C=O) groups is 1. The van der Waals surface area contributed by atoms with Crippen LogP contribution in [0.1, 0.15) is 50.0 Å². The number of aryl methyl sites for hydroxylation is 3. The van der Waals surface area contributed by atoms with Gasteiger partial charge in [-0.3, -0.25) is 9.48 Å². The molecule has 1 N–H and O–H groups in total. The van der Waals surface area contributed by atoms with E-state index in [4.69, 9.17) is 9.15 Å². The van der Waals surface area contributed by atoms with Crippen LogP contribution in [0.5, 0.6) is 5.75 Å². The fourth-order valence-electron chi connectivity index (χ4n) is 3.82. The minimum Gasteiger partial charge on any atom is -0.485 e. The molecule has 0 saturated carbocycles. The number of anilines is 1. The quantitative estimate of drug-likeness (QED) is 0.312.